The van der Waals surface area contributed by atoms with Gasteiger partial charge in [0.05, 0.1) is 5.76 Å². The summed E-state index contributed by atoms with van der Waals surface area (Å²) in [6.07, 6.45) is 13.6. The maximum atomic E-state index is 7.14. The van der Waals surface area contributed by atoms with E-state index in [1.165, 1.54) is 50.7 Å². The molecule has 1 aromatic rings. The first-order valence-corrected chi connectivity index (χ1v) is 29.5. The Morgan fingerprint density at radius 2 is 1.50 bits per heavy atom. The van der Waals surface area contributed by atoms with E-state index in [0.717, 1.165) is 18.5 Å². The van der Waals surface area contributed by atoms with Crippen LogP contribution in [0.4, 0.5) is 0 Å². The summed E-state index contributed by atoms with van der Waals surface area (Å²) in [5.41, 5.74) is 1.83. The molecule has 0 bridgehead atoms. The maximum absolute atomic E-state index is 7.14. The molecule has 4 aliphatic rings. The molecule has 0 amide bonds. The lowest BCUT2D eigenvalue weighted by atomic mass is 9.46. The van der Waals surface area contributed by atoms with Gasteiger partial charge in [0, 0.05) is 18.6 Å². The second kappa shape index (κ2) is 14.3. The van der Waals surface area contributed by atoms with Gasteiger partial charge in [-0.25, -0.2) is 4.99 Å². The van der Waals surface area contributed by atoms with Gasteiger partial charge in [0.15, 0.2) is 8.32 Å². The Hall–Kier alpha value is -1.36. The van der Waals surface area contributed by atoms with Crippen LogP contribution < -0.4 is 0 Å². The number of nitrogens with zero attached hydrogens (tertiary/aromatic N) is 1. The number of ether oxygens (including phenoxy) is 1. The zero-order valence-electron chi connectivity index (χ0n) is 32.7. The van der Waals surface area contributed by atoms with Crippen LogP contribution in [0.5, 0.6) is 0 Å². The van der Waals surface area contributed by atoms with Crippen LogP contribution in [0.2, 0.25) is 58.9 Å². The van der Waals surface area contributed by atoms with Gasteiger partial charge in [0.25, 0.3) is 0 Å². The molecule has 1 aromatic carbocycles. The molecule has 4 aliphatic carbocycles. The van der Waals surface area contributed by atoms with Gasteiger partial charge in [0.1, 0.15) is 6.61 Å². The van der Waals surface area contributed by atoms with E-state index in [4.69, 9.17) is 23.0 Å². The smallest absolute Gasteiger partial charge is 0.369 e. The van der Waals surface area contributed by atoms with Crippen LogP contribution >= 0.6 is 0 Å². The van der Waals surface area contributed by atoms with Gasteiger partial charge < -0.3 is 18.0 Å². The summed E-state index contributed by atoms with van der Waals surface area (Å²) in [5.74, 6) is 5.24. The molecule has 5 rings (SSSR count). The Balaban J connectivity index is 1.32. The second-order valence-electron chi connectivity index (χ2n) is 19.4. The minimum Gasteiger partial charge on any atom is -0.547 e. The van der Waals surface area contributed by atoms with E-state index in [0.29, 0.717) is 65.1 Å². The molecule has 5 nitrogen and oxygen atoms in total. The molecular weight excluding hydrogens is 643 g/mol. The normalized spacial score (nSPS) is 34.8. The first-order valence-electron chi connectivity index (χ1n) is 19.3. The molecule has 8 heteroatoms. The molecule has 0 saturated heterocycles. The van der Waals surface area contributed by atoms with Crippen molar-refractivity contribution in [2.45, 2.75) is 144 Å². The highest BCUT2D eigenvalue weighted by atomic mass is 28.4. The largest absolute Gasteiger partial charge is 0.547 e. The maximum Gasteiger partial charge on any atom is 0.369 e. The van der Waals surface area contributed by atoms with Crippen molar-refractivity contribution in [2.75, 3.05) is 6.54 Å². The fraction of sp³-hybridized carbons (Fsp3) is 0.775. The number of hydrogen-bond acceptors (Lipinski definition) is 5. The number of hydrogen-bond donors (Lipinski definition) is 0. The fourth-order valence-corrected chi connectivity index (χ4v) is 13.1. The molecule has 1 unspecified atom stereocenters. The molecule has 0 radical (unpaired) electrons. The summed E-state index contributed by atoms with van der Waals surface area (Å²) >= 11 is 0. The standard InChI is InChI=1S/C40H69NO4Si3/c1-29(22-25-41-38(45-48(10,11)12)42-28-30-16-14-13-15-17-30)33-18-19-34-37-35(21-24-40(33,34)3)39(2)23-20-32(43-46(4,5)6)26-31(39)27-36(37)44-47(7,8)9/h13-17,27,29,31-35,37H,18-26,28H2,1-12H3/t29-,31+,32?,33-,34+,35+,37+,39+,40-/m1/s1. The molecule has 0 aliphatic heterocycles. The Kier molecular flexibility index (Phi) is 11.3. The van der Waals surface area contributed by atoms with Crippen LogP contribution in [0.3, 0.4) is 0 Å². The molecule has 3 fully saturated rings. The average Bonchev–Trinajstić information content (AvgIpc) is 3.32. The quantitative estimate of drug-likeness (QED) is 0.130. The molecule has 48 heavy (non-hydrogen) atoms. The van der Waals surface area contributed by atoms with Crippen molar-refractivity contribution >= 4 is 31.0 Å². The van der Waals surface area contributed by atoms with Crippen molar-refractivity contribution in [3.8, 4) is 0 Å². The first-order chi connectivity index (χ1) is 22.3. The number of benzene rings is 1. The van der Waals surface area contributed by atoms with Crippen LogP contribution in [-0.4, -0.2) is 43.7 Å². The van der Waals surface area contributed by atoms with E-state index in [-0.39, 0.29) is 0 Å². The van der Waals surface area contributed by atoms with Crippen molar-refractivity contribution in [2.24, 2.45) is 51.3 Å². The first kappa shape index (κ1) is 37.9. The van der Waals surface area contributed by atoms with Gasteiger partial charge >= 0.3 is 6.08 Å². The van der Waals surface area contributed by atoms with Crippen LogP contribution in [0, 0.1) is 46.3 Å². The number of aliphatic imine (C=N–C) groups is 1. The molecule has 0 heterocycles. The van der Waals surface area contributed by atoms with E-state index in [9.17, 15) is 0 Å². The highest BCUT2D eigenvalue weighted by Gasteiger charge is 2.62. The van der Waals surface area contributed by atoms with E-state index in [2.05, 4.69) is 110 Å². The third-order valence-corrected chi connectivity index (χ3v) is 15.0. The topological polar surface area (TPSA) is 49.3 Å². The van der Waals surface area contributed by atoms with Gasteiger partial charge in [-0.2, -0.15) is 0 Å². The van der Waals surface area contributed by atoms with Crippen LogP contribution in [0.15, 0.2) is 47.2 Å². The Morgan fingerprint density at radius 3 is 2.15 bits per heavy atom. The van der Waals surface area contributed by atoms with Crippen molar-refractivity contribution in [1.82, 2.24) is 0 Å². The second-order valence-corrected chi connectivity index (χ2v) is 32.7. The number of allylic oxidation sites excluding steroid dienone is 2. The van der Waals surface area contributed by atoms with Gasteiger partial charge in [-0.15, -0.1) is 0 Å². The van der Waals surface area contributed by atoms with E-state index >= 15 is 0 Å². The van der Waals surface area contributed by atoms with Crippen molar-refractivity contribution < 1.29 is 18.0 Å². The van der Waals surface area contributed by atoms with Gasteiger partial charge in [-0.3, -0.25) is 0 Å². The van der Waals surface area contributed by atoms with Crippen molar-refractivity contribution in [3.05, 3.63) is 47.7 Å². The molecule has 0 aromatic heterocycles. The van der Waals surface area contributed by atoms with Crippen molar-refractivity contribution in [1.29, 1.82) is 0 Å². The van der Waals surface area contributed by atoms with Gasteiger partial charge in [-0.05, 0) is 162 Å². The number of fused-ring (bicyclic) bond motifs is 5. The summed E-state index contributed by atoms with van der Waals surface area (Å²) in [4.78, 5) is 4.94. The van der Waals surface area contributed by atoms with Crippen LogP contribution in [-0.2, 0) is 24.6 Å². The Bertz CT molecular complexity index is 1300. The van der Waals surface area contributed by atoms with Gasteiger partial charge in [-0.1, -0.05) is 51.1 Å². The fourth-order valence-electron chi connectivity index (χ4n) is 10.3. The lowest BCUT2D eigenvalue weighted by molar-refractivity contribution is -0.0946. The highest BCUT2D eigenvalue weighted by Crippen LogP contribution is 2.68. The summed E-state index contributed by atoms with van der Waals surface area (Å²) < 4.78 is 26.3. The third kappa shape index (κ3) is 8.92. The van der Waals surface area contributed by atoms with Crippen LogP contribution in [0.1, 0.15) is 77.7 Å². The van der Waals surface area contributed by atoms with Gasteiger partial charge in [0.2, 0.25) is 16.6 Å². The van der Waals surface area contributed by atoms with E-state index in [1.54, 1.807) is 0 Å². The zero-order chi connectivity index (χ0) is 35.1. The molecule has 270 valence electrons. The van der Waals surface area contributed by atoms with E-state index < -0.39 is 25.0 Å². The van der Waals surface area contributed by atoms with E-state index in [1.807, 2.05) is 6.07 Å². The lowest BCUT2D eigenvalue weighted by Crippen LogP contribution is -2.55. The Morgan fingerprint density at radius 1 is 0.833 bits per heavy atom. The molecule has 0 spiro atoms. The summed E-state index contributed by atoms with van der Waals surface area (Å²) in [6.45, 7) is 29.8. The molecular formula is C40H69NO4Si3. The minimum atomic E-state index is -1.85. The Labute approximate surface area is 297 Å². The summed E-state index contributed by atoms with van der Waals surface area (Å²) in [6, 6.07) is 10.3. The predicted molar refractivity (Wildman–Crippen MR) is 208 cm³/mol. The predicted octanol–water partition coefficient (Wildman–Crippen LogP) is 11.3. The zero-order valence-corrected chi connectivity index (χ0v) is 35.7. The molecule has 3 saturated carbocycles. The number of rotatable bonds is 11. The minimum absolute atomic E-state index is 0.342. The van der Waals surface area contributed by atoms with Crippen LogP contribution in [0.25, 0.3) is 0 Å². The monoisotopic (exact) mass is 711 g/mol. The SMILES string of the molecule is C[C@H](CCN=C(OCc1ccccc1)O[Si](C)(C)C)[C@H]1CC[C@H]2[C@@H]3C(O[Si](C)(C)C)=C[C@@H]4CC(O[Si](C)(C)C)CC[C@]4(C)[C@H]3CC[C@]12C. The molecule has 0 N–H and O–H groups in total. The lowest BCUT2D eigenvalue weighted by Gasteiger charge is -2.60. The average molecular weight is 712 g/mol. The summed E-state index contributed by atoms with van der Waals surface area (Å²) in [7, 11) is -5.18. The molecule has 9 atom stereocenters. The third-order valence-electron chi connectivity index (χ3n) is 12.3. The highest BCUT2D eigenvalue weighted by molar-refractivity contribution is 6.71. The summed E-state index contributed by atoms with van der Waals surface area (Å²) in [5, 5.41) is 0. The van der Waals surface area contributed by atoms with Crippen molar-refractivity contribution in [3.63, 3.8) is 0 Å².